The summed E-state index contributed by atoms with van der Waals surface area (Å²) in [4.78, 5) is 8.63. The van der Waals surface area contributed by atoms with Gasteiger partial charge in [-0.05, 0) is 24.6 Å². The largest absolute Gasteiger partial charge is 0.493 e. The fourth-order valence-electron chi connectivity index (χ4n) is 2.42. The molecule has 0 amide bonds. The smallest absolute Gasteiger partial charge is 0.202 e. The lowest BCUT2D eigenvalue weighted by molar-refractivity contribution is 0.378. The van der Waals surface area contributed by atoms with Gasteiger partial charge in [-0.3, -0.25) is 0 Å². The minimum atomic E-state index is 0.161. The third-order valence-electron chi connectivity index (χ3n) is 3.55. The first-order chi connectivity index (χ1) is 12.1. The maximum absolute atomic E-state index is 6.28. The van der Waals surface area contributed by atoms with Crippen molar-refractivity contribution in [2.24, 2.45) is 0 Å². The van der Waals surface area contributed by atoms with Crippen molar-refractivity contribution in [3.8, 4) is 17.2 Å². The van der Waals surface area contributed by atoms with Crippen LogP contribution in [0.25, 0.3) is 0 Å². The molecular weight excluding hydrogens is 359 g/mol. The number of methoxy groups -OCH3 is 1. The molecule has 1 aromatic heterocycles. The highest BCUT2D eigenvalue weighted by Gasteiger charge is 2.16. The molecule has 4 nitrogen and oxygen atoms in total. The Morgan fingerprint density at radius 3 is 2.24 bits per heavy atom. The average Bonchev–Trinajstić information content (AvgIpc) is 2.58. The van der Waals surface area contributed by atoms with Gasteiger partial charge in [0.25, 0.3) is 0 Å². The van der Waals surface area contributed by atoms with Gasteiger partial charge in [-0.15, -0.1) is 0 Å². The zero-order valence-corrected chi connectivity index (χ0v) is 15.3. The zero-order valence-electron chi connectivity index (χ0n) is 13.8. The van der Waals surface area contributed by atoms with Crippen LogP contribution in [0, 0.1) is 6.92 Å². The Bertz CT molecular complexity index is 877. The van der Waals surface area contributed by atoms with E-state index in [4.69, 9.17) is 32.7 Å². The summed E-state index contributed by atoms with van der Waals surface area (Å²) in [7, 11) is 1.56. The summed E-state index contributed by atoms with van der Waals surface area (Å²) in [5.74, 6) is 1.80. The zero-order chi connectivity index (χ0) is 17.8. The second-order valence-electron chi connectivity index (χ2n) is 5.47. The van der Waals surface area contributed by atoms with E-state index in [0.29, 0.717) is 23.7 Å². The number of benzene rings is 2. The van der Waals surface area contributed by atoms with E-state index in [1.807, 2.05) is 37.3 Å². The van der Waals surface area contributed by atoms with Crippen molar-refractivity contribution in [2.45, 2.75) is 13.3 Å². The topological polar surface area (TPSA) is 44.2 Å². The number of aryl methyl sites for hydroxylation is 1. The lowest BCUT2D eigenvalue weighted by Gasteiger charge is -2.12. The molecule has 0 spiro atoms. The van der Waals surface area contributed by atoms with Gasteiger partial charge in [-0.25, -0.2) is 9.97 Å². The van der Waals surface area contributed by atoms with Gasteiger partial charge in [0.2, 0.25) is 5.75 Å². The molecule has 0 aliphatic heterocycles. The molecule has 128 valence electrons. The van der Waals surface area contributed by atoms with Crippen LogP contribution >= 0.6 is 23.2 Å². The minimum absolute atomic E-state index is 0.161. The minimum Gasteiger partial charge on any atom is -0.493 e. The predicted molar refractivity (Wildman–Crippen MR) is 99.1 cm³/mol. The van der Waals surface area contributed by atoms with E-state index < -0.39 is 0 Å². The van der Waals surface area contributed by atoms with Crippen LogP contribution in [0.4, 0.5) is 0 Å². The second kappa shape index (κ2) is 7.72. The van der Waals surface area contributed by atoms with Crippen molar-refractivity contribution in [2.75, 3.05) is 7.11 Å². The quantitative estimate of drug-likeness (QED) is 0.554. The van der Waals surface area contributed by atoms with Gasteiger partial charge in [-0.2, -0.15) is 0 Å². The molecule has 2 aromatic carbocycles. The molecule has 3 aromatic rings. The Balaban J connectivity index is 1.87. The van der Waals surface area contributed by atoms with E-state index in [9.17, 15) is 0 Å². The molecule has 1 heterocycles. The van der Waals surface area contributed by atoms with Crippen molar-refractivity contribution in [1.82, 2.24) is 9.97 Å². The Kier molecular flexibility index (Phi) is 5.41. The second-order valence-corrected chi connectivity index (χ2v) is 6.19. The molecule has 25 heavy (non-hydrogen) atoms. The summed E-state index contributed by atoms with van der Waals surface area (Å²) in [5.41, 5.74) is 2.26. The number of hydrogen-bond acceptors (Lipinski definition) is 4. The van der Waals surface area contributed by atoms with Gasteiger partial charge in [0.05, 0.1) is 7.11 Å². The van der Waals surface area contributed by atoms with Crippen LogP contribution in [0.15, 0.2) is 48.5 Å². The Morgan fingerprint density at radius 1 is 0.920 bits per heavy atom. The maximum atomic E-state index is 6.28. The summed E-state index contributed by atoms with van der Waals surface area (Å²) >= 11 is 12.6. The van der Waals surface area contributed by atoms with Crippen molar-refractivity contribution in [3.05, 3.63) is 75.8 Å². The molecule has 0 fully saturated rings. The van der Waals surface area contributed by atoms with E-state index in [1.54, 1.807) is 19.2 Å². The van der Waals surface area contributed by atoms with Crippen LogP contribution in [0.1, 0.15) is 17.0 Å². The fourth-order valence-corrected chi connectivity index (χ4v) is 2.92. The van der Waals surface area contributed by atoms with Gasteiger partial charge in [0, 0.05) is 6.42 Å². The Morgan fingerprint density at radius 2 is 1.60 bits per heavy atom. The highest BCUT2D eigenvalue weighted by molar-refractivity contribution is 6.35. The number of rotatable bonds is 5. The van der Waals surface area contributed by atoms with Crippen LogP contribution in [0.3, 0.4) is 0 Å². The Hall–Kier alpha value is -2.30. The third-order valence-corrected chi connectivity index (χ3v) is 4.07. The maximum Gasteiger partial charge on any atom is 0.202 e. The average molecular weight is 375 g/mol. The van der Waals surface area contributed by atoms with Crippen LogP contribution in [-0.4, -0.2) is 17.1 Å². The van der Waals surface area contributed by atoms with Crippen LogP contribution in [0.2, 0.25) is 10.3 Å². The third kappa shape index (κ3) is 4.21. The first-order valence-corrected chi connectivity index (χ1v) is 8.40. The molecule has 0 aliphatic carbocycles. The molecule has 0 unspecified atom stereocenters. The summed E-state index contributed by atoms with van der Waals surface area (Å²) in [6.45, 7) is 2.04. The van der Waals surface area contributed by atoms with E-state index in [1.165, 1.54) is 5.56 Å². The summed E-state index contributed by atoms with van der Waals surface area (Å²) in [6.07, 6.45) is 0.538. The number of halogens is 2. The highest BCUT2D eigenvalue weighted by atomic mass is 35.5. The van der Waals surface area contributed by atoms with Crippen LogP contribution < -0.4 is 9.47 Å². The molecular formula is C19H16Cl2N2O2. The molecule has 3 rings (SSSR count). The first-order valence-electron chi connectivity index (χ1n) is 7.65. The van der Waals surface area contributed by atoms with Gasteiger partial charge < -0.3 is 9.47 Å². The van der Waals surface area contributed by atoms with Gasteiger partial charge in [-0.1, -0.05) is 65.2 Å². The van der Waals surface area contributed by atoms with E-state index >= 15 is 0 Å². The molecule has 0 radical (unpaired) electrons. The highest BCUT2D eigenvalue weighted by Crippen LogP contribution is 2.37. The van der Waals surface area contributed by atoms with Gasteiger partial charge in [0.1, 0.15) is 5.82 Å². The molecule has 0 atom stereocenters. The van der Waals surface area contributed by atoms with Crippen molar-refractivity contribution < 1.29 is 9.47 Å². The van der Waals surface area contributed by atoms with Gasteiger partial charge >= 0.3 is 0 Å². The fraction of sp³-hybridized carbons (Fsp3) is 0.158. The molecule has 0 saturated heterocycles. The van der Waals surface area contributed by atoms with E-state index in [2.05, 4.69) is 16.0 Å². The molecule has 0 aliphatic rings. The van der Waals surface area contributed by atoms with E-state index in [-0.39, 0.29) is 16.1 Å². The van der Waals surface area contributed by atoms with Crippen LogP contribution in [0.5, 0.6) is 17.2 Å². The van der Waals surface area contributed by atoms with Crippen molar-refractivity contribution >= 4 is 23.2 Å². The van der Waals surface area contributed by atoms with E-state index in [0.717, 1.165) is 5.56 Å². The summed E-state index contributed by atoms with van der Waals surface area (Å²) < 4.78 is 11.0. The first kappa shape index (κ1) is 17.5. The van der Waals surface area contributed by atoms with Crippen LogP contribution in [-0.2, 0) is 6.42 Å². The Labute approximate surface area is 156 Å². The van der Waals surface area contributed by atoms with Gasteiger partial charge in [0.15, 0.2) is 21.8 Å². The summed E-state index contributed by atoms with van der Waals surface area (Å²) in [5, 5.41) is 0.321. The lowest BCUT2D eigenvalue weighted by atomic mass is 10.1. The molecule has 0 bridgehead atoms. The predicted octanol–water partition coefficient (Wildman–Crippen LogP) is 5.48. The number of para-hydroxylation sites is 2. The number of hydrogen-bond donors (Lipinski definition) is 0. The van der Waals surface area contributed by atoms with Crippen molar-refractivity contribution in [3.63, 3.8) is 0 Å². The SMILES string of the molecule is COc1ccccc1Oc1c(Cl)nc(Cc2cccc(C)c2)nc1Cl. The monoisotopic (exact) mass is 374 g/mol. The normalized spacial score (nSPS) is 10.6. The molecule has 0 N–H and O–H groups in total. The number of ether oxygens (including phenoxy) is 2. The summed E-state index contributed by atoms with van der Waals surface area (Å²) in [6, 6.07) is 15.3. The molecule has 0 saturated carbocycles. The number of nitrogens with zero attached hydrogens (tertiary/aromatic N) is 2. The standard InChI is InChI=1S/C19H16Cl2N2O2/c1-12-6-5-7-13(10-12)11-16-22-18(20)17(19(21)23-16)25-15-9-4-3-8-14(15)24-2/h3-10H,11H2,1-2H3. The van der Waals surface area contributed by atoms with Crippen molar-refractivity contribution in [1.29, 1.82) is 0 Å². The number of aromatic nitrogens is 2. The lowest BCUT2D eigenvalue weighted by Crippen LogP contribution is -2.01. The molecule has 6 heteroatoms.